The maximum atomic E-state index is 11.8. The van der Waals surface area contributed by atoms with Gasteiger partial charge in [-0.2, -0.15) is 0 Å². The summed E-state index contributed by atoms with van der Waals surface area (Å²) in [6.45, 7) is 6.99. The second-order valence-electron chi connectivity index (χ2n) is 7.25. The lowest BCUT2D eigenvalue weighted by Gasteiger charge is -2.12. The molecule has 0 aliphatic heterocycles. The highest BCUT2D eigenvalue weighted by molar-refractivity contribution is 14.0. The molecule has 0 fully saturated rings. The van der Waals surface area contributed by atoms with Gasteiger partial charge in [0.1, 0.15) is 5.75 Å². The molecular formula is C23H34IN3O4S. The van der Waals surface area contributed by atoms with E-state index < -0.39 is 9.84 Å². The van der Waals surface area contributed by atoms with E-state index in [1.807, 2.05) is 43.3 Å². The first-order valence-corrected chi connectivity index (χ1v) is 12.2. The van der Waals surface area contributed by atoms with E-state index in [0.717, 1.165) is 47.9 Å². The maximum absolute atomic E-state index is 11.8. The van der Waals surface area contributed by atoms with Crippen LogP contribution in [0.4, 0.5) is 0 Å². The molecule has 32 heavy (non-hydrogen) atoms. The van der Waals surface area contributed by atoms with Crippen molar-refractivity contribution < 1.29 is 17.9 Å². The summed E-state index contributed by atoms with van der Waals surface area (Å²) in [5.74, 6) is 1.56. The molecule has 0 spiro atoms. The predicted octanol–water partition coefficient (Wildman–Crippen LogP) is 3.69. The van der Waals surface area contributed by atoms with Crippen LogP contribution in [0, 0.1) is 6.92 Å². The van der Waals surface area contributed by atoms with Gasteiger partial charge < -0.3 is 20.1 Å². The molecule has 0 radical (unpaired) electrons. The Morgan fingerprint density at radius 1 is 1.06 bits per heavy atom. The summed E-state index contributed by atoms with van der Waals surface area (Å²) in [6, 6.07) is 13.2. The third kappa shape index (κ3) is 9.74. The summed E-state index contributed by atoms with van der Waals surface area (Å²) in [6.07, 6.45) is 2.07. The van der Waals surface area contributed by atoms with Gasteiger partial charge in [-0.1, -0.05) is 24.3 Å². The van der Waals surface area contributed by atoms with E-state index in [1.54, 1.807) is 20.1 Å². The number of sulfone groups is 1. The topological polar surface area (TPSA) is 89.0 Å². The maximum Gasteiger partial charge on any atom is 0.191 e. The number of nitrogens with zero attached hydrogens (tertiary/aromatic N) is 1. The van der Waals surface area contributed by atoms with Crippen molar-refractivity contribution in [2.24, 2.45) is 4.99 Å². The molecule has 7 nitrogen and oxygen atoms in total. The van der Waals surface area contributed by atoms with Gasteiger partial charge in [0.15, 0.2) is 15.8 Å². The molecule has 178 valence electrons. The second kappa shape index (κ2) is 14.3. The summed E-state index contributed by atoms with van der Waals surface area (Å²) >= 11 is 0. The number of hydrogen-bond donors (Lipinski definition) is 2. The molecule has 0 atom stereocenters. The number of hydrogen-bond acceptors (Lipinski definition) is 5. The standard InChI is InChI=1S/C23H33N3O4S.HI/c1-5-24-23(26-16-20-9-12-22(18(2)15-20)31(4,27)28)25-13-6-14-30-17-19-7-10-21(29-3)11-8-19;/h7-12,15H,5-6,13-14,16-17H2,1-4H3,(H2,24,25,26);1H. The normalized spacial score (nSPS) is 11.6. The highest BCUT2D eigenvalue weighted by Crippen LogP contribution is 2.17. The fourth-order valence-corrected chi connectivity index (χ4v) is 3.99. The van der Waals surface area contributed by atoms with Crippen molar-refractivity contribution in [2.45, 2.75) is 38.3 Å². The van der Waals surface area contributed by atoms with Crippen LogP contribution in [0.15, 0.2) is 52.4 Å². The van der Waals surface area contributed by atoms with Gasteiger partial charge in [-0.15, -0.1) is 24.0 Å². The Kier molecular flexibility index (Phi) is 12.6. The zero-order valence-electron chi connectivity index (χ0n) is 19.2. The first kappa shape index (κ1) is 28.2. The summed E-state index contributed by atoms with van der Waals surface area (Å²) in [5, 5.41) is 6.52. The van der Waals surface area contributed by atoms with E-state index in [0.29, 0.717) is 24.7 Å². The molecular weight excluding hydrogens is 541 g/mol. The third-order valence-corrected chi connectivity index (χ3v) is 5.85. The molecule has 2 rings (SSSR count). The minimum atomic E-state index is -3.21. The molecule has 0 aliphatic carbocycles. The zero-order valence-corrected chi connectivity index (χ0v) is 22.3. The van der Waals surface area contributed by atoms with Crippen LogP contribution in [0.3, 0.4) is 0 Å². The van der Waals surface area contributed by atoms with Crippen molar-refractivity contribution >= 4 is 39.8 Å². The second-order valence-corrected chi connectivity index (χ2v) is 9.23. The van der Waals surface area contributed by atoms with Gasteiger partial charge in [0.05, 0.1) is 25.2 Å². The van der Waals surface area contributed by atoms with Crippen LogP contribution in [-0.2, 0) is 27.7 Å². The Balaban J connectivity index is 0.00000512. The number of aliphatic imine (C=N–C) groups is 1. The molecule has 0 aliphatic rings. The number of guanidine groups is 1. The van der Waals surface area contributed by atoms with Crippen molar-refractivity contribution in [1.82, 2.24) is 10.6 Å². The fourth-order valence-electron chi connectivity index (χ4n) is 3.03. The van der Waals surface area contributed by atoms with Crippen LogP contribution in [0.5, 0.6) is 5.75 Å². The SMILES string of the molecule is CCNC(=NCc1ccc(S(C)(=O)=O)c(C)c1)NCCCOCc1ccc(OC)cc1.I. The highest BCUT2D eigenvalue weighted by Gasteiger charge is 2.10. The Hall–Kier alpha value is -1.85. The van der Waals surface area contributed by atoms with Gasteiger partial charge in [-0.3, -0.25) is 0 Å². The third-order valence-electron chi connectivity index (χ3n) is 4.59. The number of benzene rings is 2. The first-order valence-electron chi connectivity index (χ1n) is 10.4. The van der Waals surface area contributed by atoms with Crippen LogP contribution >= 0.6 is 24.0 Å². The quantitative estimate of drug-likeness (QED) is 0.184. The average Bonchev–Trinajstić information content (AvgIpc) is 2.74. The molecule has 9 heteroatoms. The van der Waals surface area contributed by atoms with Gasteiger partial charge in [0.25, 0.3) is 0 Å². The van der Waals surface area contributed by atoms with Crippen molar-refractivity contribution in [1.29, 1.82) is 0 Å². The lowest BCUT2D eigenvalue weighted by Crippen LogP contribution is -2.38. The fraction of sp³-hybridized carbons (Fsp3) is 0.435. The number of methoxy groups -OCH3 is 1. The summed E-state index contributed by atoms with van der Waals surface area (Å²) in [5.41, 5.74) is 2.81. The molecule has 2 aromatic carbocycles. The Morgan fingerprint density at radius 3 is 2.34 bits per heavy atom. The van der Waals surface area contributed by atoms with Crippen molar-refractivity contribution in [2.75, 3.05) is 33.1 Å². The van der Waals surface area contributed by atoms with Gasteiger partial charge in [-0.25, -0.2) is 13.4 Å². The van der Waals surface area contributed by atoms with E-state index in [1.165, 1.54) is 6.26 Å². The predicted molar refractivity (Wildman–Crippen MR) is 140 cm³/mol. The minimum absolute atomic E-state index is 0. The van der Waals surface area contributed by atoms with E-state index in [-0.39, 0.29) is 24.0 Å². The minimum Gasteiger partial charge on any atom is -0.497 e. The Labute approximate surface area is 208 Å². The van der Waals surface area contributed by atoms with E-state index in [9.17, 15) is 8.42 Å². The molecule has 0 unspecified atom stereocenters. The van der Waals surface area contributed by atoms with Gasteiger partial charge in [-0.05, 0) is 55.2 Å². The average molecular weight is 576 g/mol. The summed E-state index contributed by atoms with van der Waals surface area (Å²) in [4.78, 5) is 4.95. The molecule has 0 heterocycles. The van der Waals surface area contributed by atoms with Crippen molar-refractivity contribution in [3.05, 3.63) is 59.2 Å². The van der Waals surface area contributed by atoms with Crippen LogP contribution in [0.1, 0.15) is 30.0 Å². The monoisotopic (exact) mass is 575 g/mol. The summed E-state index contributed by atoms with van der Waals surface area (Å²) in [7, 11) is -1.56. The number of rotatable bonds is 11. The van der Waals surface area contributed by atoms with Crippen molar-refractivity contribution in [3.63, 3.8) is 0 Å². The van der Waals surface area contributed by atoms with Crippen LogP contribution < -0.4 is 15.4 Å². The Morgan fingerprint density at radius 2 is 1.75 bits per heavy atom. The molecule has 0 amide bonds. The number of ether oxygens (including phenoxy) is 2. The van der Waals surface area contributed by atoms with Gasteiger partial charge in [0.2, 0.25) is 0 Å². The largest absolute Gasteiger partial charge is 0.497 e. The van der Waals surface area contributed by atoms with Crippen molar-refractivity contribution in [3.8, 4) is 5.75 Å². The zero-order chi connectivity index (χ0) is 22.7. The molecule has 0 bridgehead atoms. The number of nitrogens with one attached hydrogen (secondary N) is 2. The van der Waals surface area contributed by atoms with Gasteiger partial charge in [0, 0.05) is 26.0 Å². The Bertz CT molecular complexity index is 964. The van der Waals surface area contributed by atoms with Gasteiger partial charge >= 0.3 is 0 Å². The molecule has 0 saturated heterocycles. The molecule has 2 N–H and O–H groups in total. The highest BCUT2D eigenvalue weighted by atomic mass is 127. The van der Waals surface area contributed by atoms with E-state index >= 15 is 0 Å². The molecule has 2 aromatic rings. The molecule has 0 aromatic heterocycles. The molecule has 0 saturated carbocycles. The first-order chi connectivity index (χ1) is 14.8. The van der Waals surface area contributed by atoms with Crippen LogP contribution in [-0.4, -0.2) is 47.4 Å². The van der Waals surface area contributed by atoms with E-state index in [2.05, 4.69) is 15.6 Å². The van der Waals surface area contributed by atoms with Crippen LogP contribution in [0.2, 0.25) is 0 Å². The smallest absolute Gasteiger partial charge is 0.191 e. The van der Waals surface area contributed by atoms with Crippen LogP contribution in [0.25, 0.3) is 0 Å². The number of halogens is 1. The lowest BCUT2D eigenvalue weighted by molar-refractivity contribution is 0.119. The van der Waals surface area contributed by atoms with E-state index in [4.69, 9.17) is 9.47 Å². The number of aryl methyl sites for hydroxylation is 1. The lowest BCUT2D eigenvalue weighted by atomic mass is 10.1. The summed E-state index contributed by atoms with van der Waals surface area (Å²) < 4.78 is 34.4.